The van der Waals surface area contributed by atoms with Crippen molar-refractivity contribution in [3.8, 4) is 5.75 Å². The lowest BCUT2D eigenvalue weighted by atomic mass is 10.1. The second kappa shape index (κ2) is 5.54. The van der Waals surface area contributed by atoms with Crippen LogP contribution in [-0.2, 0) is 6.42 Å². The van der Waals surface area contributed by atoms with Crippen LogP contribution >= 0.6 is 11.8 Å². The van der Waals surface area contributed by atoms with Crippen molar-refractivity contribution in [1.29, 1.82) is 0 Å². The Kier molecular flexibility index (Phi) is 3.82. The number of nitrogens with zero attached hydrogens (tertiary/aromatic N) is 2. The van der Waals surface area contributed by atoms with Gasteiger partial charge in [-0.15, -0.1) is 6.58 Å². The molecule has 0 saturated carbocycles. The van der Waals surface area contributed by atoms with E-state index in [9.17, 15) is 5.11 Å². The number of benzene rings is 1. The van der Waals surface area contributed by atoms with Crippen LogP contribution in [0.25, 0.3) is 0 Å². The third-order valence-electron chi connectivity index (χ3n) is 2.15. The number of rotatable bonds is 5. The number of aromatic nitrogens is 3. The van der Waals surface area contributed by atoms with Crippen LogP contribution in [0.1, 0.15) is 11.4 Å². The molecule has 0 fully saturated rings. The predicted octanol–water partition coefficient (Wildman–Crippen LogP) is 2.38. The molecular formula is C12H13N3OS. The van der Waals surface area contributed by atoms with Crippen LogP contribution in [0.15, 0.2) is 42.1 Å². The zero-order chi connectivity index (χ0) is 12.1. The van der Waals surface area contributed by atoms with E-state index in [0.29, 0.717) is 6.42 Å². The Morgan fingerprint density at radius 3 is 2.82 bits per heavy atom. The number of thioether (sulfide) groups is 1. The molecule has 5 heteroatoms. The number of phenolic OH excluding ortho intramolecular Hbond substituents is 1. The van der Waals surface area contributed by atoms with E-state index in [1.165, 1.54) is 0 Å². The summed E-state index contributed by atoms with van der Waals surface area (Å²) in [5, 5.41) is 17.0. The average Bonchev–Trinajstić information content (AvgIpc) is 2.77. The Morgan fingerprint density at radius 2 is 2.12 bits per heavy atom. The minimum Gasteiger partial charge on any atom is -0.508 e. The lowest BCUT2D eigenvalue weighted by Gasteiger charge is -1.96. The summed E-state index contributed by atoms with van der Waals surface area (Å²) in [5.74, 6) is 1.83. The summed E-state index contributed by atoms with van der Waals surface area (Å²) in [7, 11) is 0. The molecule has 88 valence electrons. The van der Waals surface area contributed by atoms with Gasteiger partial charge in [-0.25, -0.2) is 4.98 Å². The van der Waals surface area contributed by atoms with Crippen LogP contribution in [0.5, 0.6) is 5.75 Å². The fraction of sp³-hybridized carbons (Fsp3) is 0.167. The minimum absolute atomic E-state index is 0.269. The highest BCUT2D eigenvalue weighted by atomic mass is 32.2. The van der Waals surface area contributed by atoms with Crippen molar-refractivity contribution in [2.24, 2.45) is 0 Å². The Balaban J connectivity index is 2.01. The molecule has 0 spiro atoms. The summed E-state index contributed by atoms with van der Waals surface area (Å²) in [4.78, 5) is 4.35. The first-order valence-electron chi connectivity index (χ1n) is 5.21. The van der Waals surface area contributed by atoms with E-state index in [4.69, 9.17) is 0 Å². The first kappa shape index (κ1) is 11.7. The van der Waals surface area contributed by atoms with E-state index in [0.717, 1.165) is 22.3 Å². The highest BCUT2D eigenvalue weighted by molar-refractivity contribution is 7.99. The topological polar surface area (TPSA) is 61.8 Å². The van der Waals surface area contributed by atoms with Crippen molar-refractivity contribution in [3.05, 3.63) is 48.3 Å². The molecule has 0 aliphatic carbocycles. The van der Waals surface area contributed by atoms with E-state index in [1.54, 1.807) is 23.9 Å². The molecular weight excluding hydrogens is 234 g/mol. The third kappa shape index (κ3) is 3.35. The van der Waals surface area contributed by atoms with Gasteiger partial charge in [-0.05, 0) is 17.7 Å². The molecule has 0 amide bonds. The Morgan fingerprint density at radius 1 is 1.35 bits per heavy atom. The maximum Gasteiger partial charge on any atom is 0.184 e. The Hall–Kier alpha value is -1.75. The number of aromatic amines is 1. The van der Waals surface area contributed by atoms with Crippen LogP contribution in [0, 0.1) is 0 Å². The molecule has 1 aromatic carbocycles. The fourth-order valence-corrected chi connectivity index (χ4v) is 1.91. The highest BCUT2D eigenvalue weighted by Gasteiger charge is 2.04. The number of H-pyrrole nitrogens is 1. The van der Waals surface area contributed by atoms with E-state index < -0.39 is 0 Å². The maximum absolute atomic E-state index is 9.17. The van der Waals surface area contributed by atoms with Crippen LogP contribution in [0.3, 0.4) is 0 Å². The maximum atomic E-state index is 9.17. The van der Waals surface area contributed by atoms with E-state index in [2.05, 4.69) is 21.8 Å². The molecule has 1 heterocycles. The summed E-state index contributed by atoms with van der Waals surface area (Å²) < 4.78 is 0. The average molecular weight is 247 g/mol. The molecule has 0 unspecified atom stereocenters. The number of hydrogen-bond acceptors (Lipinski definition) is 4. The first-order chi connectivity index (χ1) is 8.28. The van der Waals surface area contributed by atoms with Crippen molar-refractivity contribution < 1.29 is 5.11 Å². The fourth-order valence-electron chi connectivity index (χ4n) is 1.36. The molecule has 2 N–H and O–H groups in total. The Bertz CT molecular complexity index is 493. The third-order valence-corrected chi connectivity index (χ3v) is 3.01. The monoisotopic (exact) mass is 247 g/mol. The van der Waals surface area contributed by atoms with Crippen molar-refractivity contribution in [2.75, 3.05) is 5.75 Å². The van der Waals surface area contributed by atoms with Crippen LogP contribution in [0.2, 0.25) is 0 Å². The van der Waals surface area contributed by atoms with Gasteiger partial charge in [0, 0.05) is 12.2 Å². The number of nitrogens with one attached hydrogen (secondary N) is 1. The molecule has 2 aromatic rings. The standard InChI is InChI=1S/C12H13N3OS/c1-2-7-17-12-13-11(14-15-12)8-9-3-5-10(16)6-4-9/h2-6,16H,1,7-8H2,(H,13,14,15). The van der Waals surface area contributed by atoms with E-state index in [-0.39, 0.29) is 5.75 Å². The van der Waals surface area contributed by atoms with Crippen molar-refractivity contribution >= 4 is 11.8 Å². The lowest BCUT2D eigenvalue weighted by Crippen LogP contribution is -1.90. The van der Waals surface area contributed by atoms with Gasteiger partial charge in [0.05, 0.1) is 0 Å². The minimum atomic E-state index is 0.269. The van der Waals surface area contributed by atoms with Crippen molar-refractivity contribution in [1.82, 2.24) is 15.2 Å². The normalized spacial score (nSPS) is 10.4. The van der Waals surface area contributed by atoms with Gasteiger partial charge in [0.25, 0.3) is 0 Å². The molecule has 17 heavy (non-hydrogen) atoms. The molecule has 0 saturated heterocycles. The second-order valence-corrected chi connectivity index (χ2v) is 4.51. The number of aromatic hydroxyl groups is 1. The van der Waals surface area contributed by atoms with Gasteiger partial charge in [0.1, 0.15) is 5.75 Å². The summed E-state index contributed by atoms with van der Waals surface area (Å²) in [6.45, 7) is 3.65. The number of phenols is 1. The van der Waals surface area contributed by atoms with E-state index >= 15 is 0 Å². The van der Waals surface area contributed by atoms with Gasteiger partial charge in [0.2, 0.25) is 0 Å². The van der Waals surface area contributed by atoms with Gasteiger partial charge in [-0.1, -0.05) is 30.0 Å². The van der Waals surface area contributed by atoms with Gasteiger partial charge >= 0.3 is 0 Å². The smallest absolute Gasteiger partial charge is 0.184 e. The summed E-state index contributed by atoms with van der Waals surface area (Å²) in [6, 6.07) is 7.05. The van der Waals surface area contributed by atoms with Crippen molar-refractivity contribution in [3.63, 3.8) is 0 Å². The van der Waals surface area contributed by atoms with Gasteiger partial charge < -0.3 is 5.11 Å². The molecule has 1 aromatic heterocycles. The Labute approximate surface area is 104 Å². The van der Waals surface area contributed by atoms with Gasteiger partial charge in [0.15, 0.2) is 11.0 Å². The zero-order valence-electron chi connectivity index (χ0n) is 9.26. The molecule has 0 aliphatic heterocycles. The second-order valence-electron chi connectivity index (χ2n) is 3.50. The molecule has 0 bridgehead atoms. The van der Waals surface area contributed by atoms with Crippen molar-refractivity contribution in [2.45, 2.75) is 11.6 Å². The lowest BCUT2D eigenvalue weighted by molar-refractivity contribution is 0.475. The molecule has 0 radical (unpaired) electrons. The van der Waals surface area contributed by atoms with Crippen LogP contribution in [0.4, 0.5) is 0 Å². The molecule has 0 aliphatic rings. The largest absolute Gasteiger partial charge is 0.508 e. The first-order valence-corrected chi connectivity index (χ1v) is 6.19. The van der Waals surface area contributed by atoms with Gasteiger partial charge in [-0.2, -0.15) is 5.10 Å². The zero-order valence-corrected chi connectivity index (χ0v) is 10.1. The van der Waals surface area contributed by atoms with Crippen LogP contribution in [-0.4, -0.2) is 26.0 Å². The molecule has 4 nitrogen and oxygen atoms in total. The van der Waals surface area contributed by atoms with E-state index in [1.807, 2.05) is 18.2 Å². The molecule has 2 rings (SSSR count). The predicted molar refractivity (Wildman–Crippen MR) is 68.2 cm³/mol. The van der Waals surface area contributed by atoms with Crippen LogP contribution < -0.4 is 0 Å². The summed E-state index contributed by atoms with van der Waals surface area (Å²) >= 11 is 1.57. The quantitative estimate of drug-likeness (QED) is 0.629. The summed E-state index contributed by atoms with van der Waals surface area (Å²) in [6.07, 6.45) is 2.48. The molecule has 0 atom stereocenters. The highest BCUT2D eigenvalue weighted by Crippen LogP contribution is 2.15. The number of hydrogen-bond donors (Lipinski definition) is 2. The summed E-state index contributed by atoms with van der Waals surface area (Å²) in [5.41, 5.74) is 1.07. The van der Waals surface area contributed by atoms with Gasteiger partial charge in [-0.3, -0.25) is 5.10 Å². The SMILES string of the molecule is C=CCSc1nc(Cc2ccc(O)cc2)n[nH]1.